The number of carbonyl (C=O) groups excluding carboxylic acids is 1. The summed E-state index contributed by atoms with van der Waals surface area (Å²) in [6, 6.07) is 8.11. The van der Waals surface area contributed by atoms with E-state index in [0.29, 0.717) is 10.9 Å². The lowest BCUT2D eigenvalue weighted by atomic mass is 10.0. The van der Waals surface area contributed by atoms with Crippen molar-refractivity contribution in [3.05, 3.63) is 30.1 Å². The Kier molecular flexibility index (Phi) is 5.97. The first-order valence-electron chi connectivity index (χ1n) is 9.95. The maximum atomic E-state index is 12.2. The molecule has 1 amide bonds. The van der Waals surface area contributed by atoms with Crippen LogP contribution in [0, 0.1) is 5.92 Å². The van der Waals surface area contributed by atoms with Crippen LogP contribution >= 0.6 is 11.8 Å². The van der Waals surface area contributed by atoms with Gasteiger partial charge in [0.1, 0.15) is 5.82 Å². The second-order valence-electron chi connectivity index (χ2n) is 7.50. The zero-order valence-electron chi connectivity index (χ0n) is 15.6. The third-order valence-corrected chi connectivity index (χ3v) is 6.27. The van der Waals surface area contributed by atoms with Crippen LogP contribution in [-0.2, 0) is 11.2 Å². The monoisotopic (exact) mass is 385 g/mol. The van der Waals surface area contributed by atoms with Gasteiger partial charge in [-0.15, -0.1) is 5.10 Å². The summed E-state index contributed by atoms with van der Waals surface area (Å²) in [6.07, 6.45) is 8.76. The zero-order chi connectivity index (χ0) is 18.5. The van der Waals surface area contributed by atoms with Gasteiger partial charge in [-0.1, -0.05) is 37.4 Å². The third-order valence-electron chi connectivity index (χ3n) is 5.42. The molecule has 1 aliphatic heterocycles. The summed E-state index contributed by atoms with van der Waals surface area (Å²) in [4.78, 5) is 19.1. The van der Waals surface area contributed by atoms with Gasteiger partial charge in [-0.3, -0.25) is 9.89 Å². The van der Waals surface area contributed by atoms with Crippen molar-refractivity contribution in [2.75, 3.05) is 29.1 Å². The first kappa shape index (κ1) is 18.3. The lowest BCUT2D eigenvalue weighted by Gasteiger charge is -2.17. The number of aromatic amines is 1. The lowest BCUT2D eigenvalue weighted by molar-refractivity contribution is -0.113. The fourth-order valence-electron chi connectivity index (χ4n) is 3.98. The molecular formula is C20H27N5OS. The van der Waals surface area contributed by atoms with E-state index in [4.69, 9.17) is 0 Å². The summed E-state index contributed by atoms with van der Waals surface area (Å²) >= 11 is 1.38. The zero-order valence-corrected chi connectivity index (χ0v) is 16.4. The van der Waals surface area contributed by atoms with E-state index >= 15 is 0 Å². The van der Waals surface area contributed by atoms with E-state index in [1.807, 2.05) is 12.1 Å². The Balaban J connectivity index is 1.23. The van der Waals surface area contributed by atoms with E-state index in [0.717, 1.165) is 36.9 Å². The molecule has 2 heterocycles. The molecule has 0 atom stereocenters. The average molecular weight is 386 g/mol. The Morgan fingerprint density at radius 1 is 1.15 bits per heavy atom. The van der Waals surface area contributed by atoms with Crippen molar-refractivity contribution in [2.24, 2.45) is 5.92 Å². The number of benzene rings is 1. The van der Waals surface area contributed by atoms with Crippen LogP contribution in [0.3, 0.4) is 0 Å². The maximum Gasteiger partial charge on any atom is 0.234 e. The van der Waals surface area contributed by atoms with Crippen molar-refractivity contribution in [3.8, 4) is 0 Å². The number of H-pyrrole nitrogens is 1. The van der Waals surface area contributed by atoms with E-state index in [1.165, 1.54) is 56.0 Å². The van der Waals surface area contributed by atoms with Crippen molar-refractivity contribution in [1.82, 2.24) is 15.2 Å². The van der Waals surface area contributed by atoms with Crippen LogP contribution in [0.4, 0.5) is 11.4 Å². The third kappa shape index (κ3) is 5.03. The first-order chi connectivity index (χ1) is 13.3. The second kappa shape index (κ2) is 8.78. The first-order valence-corrected chi connectivity index (χ1v) is 10.9. The molecular weight excluding hydrogens is 358 g/mol. The fraction of sp³-hybridized carbons (Fsp3) is 0.550. The Morgan fingerprint density at radius 3 is 2.63 bits per heavy atom. The quantitative estimate of drug-likeness (QED) is 0.708. The van der Waals surface area contributed by atoms with Crippen molar-refractivity contribution in [2.45, 2.75) is 50.1 Å². The fourth-order valence-corrected chi connectivity index (χ4v) is 4.60. The largest absolute Gasteiger partial charge is 0.372 e. The molecule has 0 spiro atoms. The topological polar surface area (TPSA) is 73.9 Å². The number of amides is 1. The second-order valence-corrected chi connectivity index (χ2v) is 8.44. The maximum absolute atomic E-state index is 12.2. The molecule has 144 valence electrons. The minimum absolute atomic E-state index is 0.0314. The van der Waals surface area contributed by atoms with Gasteiger partial charge < -0.3 is 10.2 Å². The highest BCUT2D eigenvalue weighted by molar-refractivity contribution is 7.99. The lowest BCUT2D eigenvalue weighted by Crippen LogP contribution is -2.18. The van der Waals surface area contributed by atoms with Crippen LogP contribution in [0.2, 0.25) is 0 Å². The van der Waals surface area contributed by atoms with E-state index in [1.54, 1.807) is 0 Å². The van der Waals surface area contributed by atoms with Crippen LogP contribution in [-0.4, -0.2) is 39.9 Å². The summed E-state index contributed by atoms with van der Waals surface area (Å²) in [5, 5.41) is 10.9. The van der Waals surface area contributed by atoms with Crippen molar-refractivity contribution in [1.29, 1.82) is 0 Å². The molecule has 0 radical (unpaired) electrons. The summed E-state index contributed by atoms with van der Waals surface area (Å²) in [5.74, 6) is 1.97. The highest BCUT2D eigenvalue weighted by Crippen LogP contribution is 2.27. The number of thioether (sulfide) groups is 1. The molecule has 1 aromatic heterocycles. The number of hydrogen-bond donors (Lipinski definition) is 2. The molecule has 27 heavy (non-hydrogen) atoms. The Morgan fingerprint density at radius 2 is 1.89 bits per heavy atom. The van der Waals surface area contributed by atoms with Gasteiger partial charge in [0.2, 0.25) is 11.1 Å². The molecule has 1 aliphatic carbocycles. The molecule has 6 nitrogen and oxygen atoms in total. The van der Waals surface area contributed by atoms with Crippen molar-refractivity contribution in [3.63, 3.8) is 0 Å². The van der Waals surface area contributed by atoms with Crippen molar-refractivity contribution >= 4 is 29.0 Å². The highest BCUT2D eigenvalue weighted by Gasteiger charge is 2.18. The van der Waals surface area contributed by atoms with Gasteiger partial charge in [-0.25, -0.2) is 4.98 Å². The summed E-state index contributed by atoms with van der Waals surface area (Å²) in [5.41, 5.74) is 2.07. The normalized spacial score (nSPS) is 17.6. The average Bonchev–Trinajstić information content (AvgIpc) is 3.44. The number of nitrogens with one attached hydrogen (secondary N) is 2. The number of carbonyl (C=O) groups is 1. The predicted octanol–water partition coefficient (Wildman–Crippen LogP) is 3.87. The minimum atomic E-state index is -0.0314. The molecule has 7 heteroatoms. The van der Waals surface area contributed by atoms with Crippen LogP contribution in [0.25, 0.3) is 0 Å². The highest BCUT2D eigenvalue weighted by atomic mass is 32.2. The molecule has 0 unspecified atom stereocenters. The molecule has 2 aromatic rings. The molecule has 1 aromatic carbocycles. The number of nitrogens with zero attached hydrogens (tertiary/aromatic N) is 3. The van der Waals surface area contributed by atoms with Crippen LogP contribution in [0.5, 0.6) is 0 Å². The van der Waals surface area contributed by atoms with E-state index in [9.17, 15) is 4.79 Å². The standard InChI is InChI=1S/C20H27N5OS/c26-19(21-16-7-9-17(10-8-16)25-11-3-4-12-25)14-27-20-22-18(23-24-20)13-15-5-1-2-6-15/h7-10,15H,1-6,11-14H2,(H,21,26)(H,22,23,24). The van der Waals surface area contributed by atoms with Crippen molar-refractivity contribution < 1.29 is 4.79 Å². The van der Waals surface area contributed by atoms with Gasteiger partial charge in [0.05, 0.1) is 5.75 Å². The smallest absolute Gasteiger partial charge is 0.234 e. The summed E-state index contributed by atoms with van der Waals surface area (Å²) in [7, 11) is 0. The van der Waals surface area contributed by atoms with Gasteiger partial charge >= 0.3 is 0 Å². The van der Waals surface area contributed by atoms with E-state index in [-0.39, 0.29) is 5.91 Å². The number of anilines is 2. The SMILES string of the molecule is O=C(CSc1n[nH]c(CC2CCCC2)n1)Nc1ccc(N2CCCC2)cc1. The van der Waals surface area contributed by atoms with Gasteiger partial charge in [0.15, 0.2) is 0 Å². The van der Waals surface area contributed by atoms with Crippen LogP contribution < -0.4 is 10.2 Å². The van der Waals surface area contributed by atoms with Gasteiger partial charge in [0, 0.05) is 30.9 Å². The van der Waals surface area contributed by atoms with Gasteiger partial charge in [-0.2, -0.15) is 0 Å². The number of aromatic nitrogens is 3. The minimum Gasteiger partial charge on any atom is -0.372 e. The molecule has 2 N–H and O–H groups in total. The Hall–Kier alpha value is -2.02. The predicted molar refractivity (Wildman–Crippen MR) is 109 cm³/mol. The van der Waals surface area contributed by atoms with E-state index < -0.39 is 0 Å². The summed E-state index contributed by atoms with van der Waals surface area (Å²) in [6.45, 7) is 2.25. The Labute approximate surface area is 164 Å². The van der Waals surface area contributed by atoms with Crippen LogP contribution in [0.1, 0.15) is 44.3 Å². The van der Waals surface area contributed by atoms with Gasteiger partial charge in [0.25, 0.3) is 0 Å². The molecule has 0 bridgehead atoms. The molecule has 4 rings (SSSR count). The summed E-state index contributed by atoms with van der Waals surface area (Å²) < 4.78 is 0. The van der Waals surface area contributed by atoms with E-state index in [2.05, 4.69) is 37.5 Å². The molecule has 1 saturated carbocycles. The van der Waals surface area contributed by atoms with Gasteiger partial charge in [-0.05, 0) is 43.0 Å². The van der Waals surface area contributed by atoms with Crippen LogP contribution in [0.15, 0.2) is 29.4 Å². The molecule has 2 aliphatic rings. The molecule has 2 fully saturated rings. The number of rotatable bonds is 7. The molecule has 1 saturated heterocycles. The Bertz CT molecular complexity index is 748. The number of hydrogen-bond acceptors (Lipinski definition) is 5.